The number of hydrogen-bond acceptors (Lipinski definition) is 5. The molecule has 92 valence electrons. The topological polar surface area (TPSA) is 61.6 Å². The van der Waals surface area contributed by atoms with Crippen LogP contribution in [0.25, 0.3) is 0 Å². The van der Waals surface area contributed by atoms with Gasteiger partial charge in [0.25, 0.3) is 0 Å². The fraction of sp³-hybridized carbons (Fsp3) is 0.273. The third-order valence-corrected chi connectivity index (χ3v) is 2.47. The molecule has 0 saturated heterocycles. The molecule has 0 atom stereocenters. The normalized spacial score (nSPS) is 9.76. The zero-order chi connectivity index (χ0) is 12.8. The van der Waals surface area contributed by atoms with Crippen LogP contribution in [0.5, 0.6) is 11.5 Å². The molecule has 0 unspecified atom stereocenters. The highest BCUT2D eigenvalue weighted by Gasteiger charge is 2.16. The summed E-state index contributed by atoms with van der Waals surface area (Å²) in [5.74, 6) is 1.14. The second kappa shape index (κ2) is 6.15. The summed E-state index contributed by atoms with van der Waals surface area (Å²) in [6, 6.07) is 4.33. The van der Waals surface area contributed by atoms with E-state index in [1.54, 1.807) is 0 Å². The standard InChI is InChI=1S/C11H13NO4S/c1-8(7-17)6-16-11-5-9(15-2)3-4-10(11)12(13)14/h3-5,17H,1,6-7H2,2H3. The average Bonchev–Trinajstić information content (AvgIpc) is 2.35. The molecule has 1 rings (SSSR count). The maximum Gasteiger partial charge on any atom is 0.311 e. The van der Waals surface area contributed by atoms with Gasteiger partial charge in [-0.05, 0) is 11.6 Å². The summed E-state index contributed by atoms with van der Waals surface area (Å²) in [4.78, 5) is 10.3. The van der Waals surface area contributed by atoms with Gasteiger partial charge in [0, 0.05) is 17.9 Å². The minimum atomic E-state index is -0.502. The first-order valence-electron chi connectivity index (χ1n) is 4.81. The van der Waals surface area contributed by atoms with Crippen LogP contribution in [0.2, 0.25) is 0 Å². The molecule has 0 fully saturated rings. The minimum absolute atomic E-state index is 0.0993. The summed E-state index contributed by atoms with van der Waals surface area (Å²) in [5, 5.41) is 10.8. The van der Waals surface area contributed by atoms with E-state index in [0.29, 0.717) is 11.5 Å². The summed E-state index contributed by atoms with van der Waals surface area (Å²) >= 11 is 4.03. The highest BCUT2D eigenvalue weighted by atomic mass is 32.1. The number of thiol groups is 1. The predicted octanol–water partition coefficient (Wildman–Crippen LogP) is 2.47. The number of nitro groups is 1. The van der Waals surface area contributed by atoms with Crippen molar-refractivity contribution in [2.45, 2.75) is 0 Å². The van der Waals surface area contributed by atoms with Crippen LogP contribution in [0.3, 0.4) is 0 Å². The lowest BCUT2D eigenvalue weighted by Crippen LogP contribution is -2.03. The molecule has 0 radical (unpaired) electrons. The number of benzene rings is 1. The smallest absolute Gasteiger partial charge is 0.311 e. The second-order valence-electron chi connectivity index (χ2n) is 3.29. The van der Waals surface area contributed by atoms with Crippen LogP contribution in [-0.2, 0) is 0 Å². The molecule has 0 saturated carbocycles. The van der Waals surface area contributed by atoms with Gasteiger partial charge in [-0.1, -0.05) is 6.58 Å². The first kappa shape index (κ1) is 13.4. The highest BCUT2D eigenvalue weighted by Crippen LogP contribution is 2.31. The van der Waals surface area contributed by atoms with E-state index in [1.807, 2.05) is 0 Å². The van der Waals surface area contributed by atoms with Crippen molar-refractivity contribution in [1.82, 2.24) is 0 Å². The fourth-order valence-corrected chi connectivity index (χ4v) is 1.20. The van der Waals surface area contributed by atoms with Gasteiger partial charge in [0.1, 0.15) is 12.4 Å². The van der Waals surface area contributed by atoms with Gasteiger partial charge in [-0.3, -0.25) is 10.1 Å². The Bertz CT molecular complexity index is 433. The second-order valence-corrected chi connectivity index (χ2v) is 3.60. The maximum atomic E-state index is 10.8. The molecule has 0 aliphatic rings. The molecule has 0 aromatic heterocycles. The number of rotatable bonds is 6. The molecule has 0 N–H and O–H groups in total. The van der Waals surface area contributed by atoms with Crippen molar-refractivity contribution in [3.63, 3.8) is 0 Å². The van der Waals surface area contributed by atoms with Crippen molar-refractivity contribution in [3.8, 4) is 11.5 Å². The molecule has 0 aliphatic carbocycles. The van der Waals surface area contributed by atoms with Gasteiger partial charge in [-0.2, -0.15) is 12.6 Å². The van der Waals surface area contributed by atoms with E-state index in [-0.39, 0.29) is 18.0 Å². The minimum Gasteiger partial charge on any atom is -0.497 e. The van der Waals surface area contributed by atoms with E-state index < -0.39 is 4.92 Å². The van der Waals surface area contributed by atoms with Gasteiger partial charge < -0.3 is 9.47 Å². The molecule has 0 heterocycles. The largest absolute Gasteiger partial charge is 0.497 e. The molecule has 17 heavy (non-hydrogen) atoms. The van der Waals surface area contributed by atoms with E-state index in [0.717, 1.165) is 5.57 Å². The Morgan fingerprint density at radius 2 is 2.29 bits per heavy atom. The first-order valence-corrected chi connectivity index (χ1v) is 5.44. The van der Waals surface area contributed by atoms with Crippen molar-refractivity contribution in [3.05, 3.63) is 40.5 Å². The molecule has 1 aromatic carbocycles. The fourth-order valence-electron chi connectivity index (χ4n) is 1.11. The molecule has 0 spiro atoms. The summed E-state index contributed by atoms with van der Waals surface area (Å²) in [6.07, 6.45) is 0. The van der Waals surface area contributed by atoms with Crippen LogP contribution in [0.15, 0.2) is 30.4 Å². The number of ether oxygens (including phenoxy) is 2. The van der Waals surface area contributed by atoms with E-state index >= 15 is 0 Å². The molecule has 5 nitrogen and oxygen atoms in total. The highest BCUT2D eigenvalue weighted by molar-refractivity contribution is 7.80. The van der Waals surface area contributed by atoms with Crippen molar-refractivity contribution in [1.29, 1.82) is 0 Å². The van der Waals surface area contributed by atoms with Crippen LogP contribution in [-0.4, -0.2) is 24.4 Å². The SMILES string of the molecule is C=C(CS)COc1cc(OC)ccc1[N+](=O)[O-]. The molecule has 6 heteroatoms. The summed E-state index contributed by atoms with van der Waals surface area (Å²) in [6.45, 7) is 3.89. The van der Waals surface area contributed by atoms with Crippen LogP contribution < -0.4 is 9.47 Å². The van der Waals surface area contributed by atoms with Gasteiger partial charge in [-0.25, -0.2) is 0 Å². The third-order valence-electron chi connectivity index (χ3n) is 2.02. The lowest BCUT2D eigenvalue weighted by Gasteiger charge is -2.08. The van der Waals surface area contributed by atoms with Gasteiger partial charge in [0.05, 0.1) is 12.0 Å². The quantitative estimate of drug-likeness (QED) is 0.367. The van der Waals surface area contributed by atoms with Gasteiger partial charge in [0.15, 0.2) is 0 Å². The van der Waals surface area contributed by atoms with Crippen molar-refractivity contribution < 1.29 is 14.4 Å². The Balaban J connectivity index is 2.93. The monoisotopic (exact) mass is 255 g/mol. The van der Waals surface area contributed by atoms with E-state index in [2.05, 4.69) is 19.2 Å². The van der Waals surface area contributed by atoms with Crippen LogP contribution in [0, 0.1) is 10.1 Å². The number of hydrogen-bond donors (Lipinski definition) is 1. The zero-order valence-electron chi connectivity index (χ0n) is 9.38. The Morgan fingerprint density at radius 3 is 2.82 bits per heavy atom. The molecular weight excluding hydrogens is 242 g/mol. The first-order chi connectivity index (χ1) is 8.08. The Labute approximate surface area is 105 Å². The molecule has 0 aliphatic heterocycles. The van der Waals surface area contributed by atoms with Crippen LogP contribution >= 0.6 is 12.6 Å². The van der Waals surface area contributed by atoms with E-state index in [4.69, 9.17) is 9.47 Å². The lowest BCUT2D eigenvalue weighted by molar-refractivity contribution is -0.385. The maximum absolute atomic E-state index is 10.8. The zero-order valence-corrected chi connectivity index (χ0v) is 10.3. The van der Waals surface area contributed by atoms with Gasteiger partial charge in [-0.15, -0.1) is 0 Å². The predicted molar refractivity (Wildman–Crippen MR) is 68.1 cm³/mol. The van der Waals surface area contributed by atoms with Crippen LogP contribution in [0.1, 0.15) is 0 Å². The molecule has 0 bridgehead atoms. The lowest BCUT2D eigenvalue weighted by atomic mass is 10.2. The Morgan fingerprint density at radius 1 is 1.59 bits per heavy atom. The molecular formula is C11H13NO4S. The summed E-state index contributed by atoms with van der Waals surface area (Å²) in [7, 11) is 1.48. The van der Waals surface area contributed by atoms with Gasteiger partial charge in [0.2, 0.25) is 5.75 Å². The third kappa shape index (κ3) is 3.67. The van der Waals surface area contributed by atoms with Crippen LogP contribution in [0.4, 0.5) is 5.69 Å². The molecule has 0 amide bonds. The molecule has 1 aromatic rings. The summed E-state index contributed by atoms with van der Waals surface area (Å²) < 4.78 is 10.3. The Hall–Kier alpha value is -1.69. The Kier molecular flexibility index (Phi) is 4.84. The van der Waals surface area contributed by atoms with Crippen molar-refractivity contribution >= 4 is 18.3 Å². The van der Waals surface area contributed by atoms with Gasteiger partial charge >= 0.3 is 5.69 Å². The van der Waals surface area contributed by atoms with E-state index in [9.17, 15) is 10.1 Å². The number of nitrogens with zero attached hydrogens (tertiary/aromatic N) is 1. The van der Waals surface area contributed by atoms with E-state index in [1.165, 1.54) is 25.3 Å². The number of methoxy groups -OCH3 is 1. The summed E-state index contributed by atoms with van der Waals surface area (Å²) in [5.41, 5.74) is 0.642. The van der Waals surface area contributed by atoms with Crippen molar-refractivity contribution in [2.75, 3.05) is 19.5 Å². The average molecular weight is 255 g/mol. The van der Waals surface area contributed by atoms with Crippen molar-refractivity contribution in [2.24, 2.45) is 0 Å². The number of nitro benzene ring substituents is 1.